The Hall–Kier alpha value is -1.33. The summed E-state index contributed by atoms with van der Waals surface area (Å²) in [5.41, 5.74) is 3.67. The molecule has 0 amide bonds. The molecule has 2 nitrogen and oxygen atoms in total. The first-order valence-electron chi connectivity index (χ1n) is 5.62. The van der Waals surface area contributed by atoms with E-state index in [1.165, 1.54) is 24.0 Å². The number of nitrogens with one attached hydrogen (secondary N) is 1. The molecule has 0 saturated carbocycles. The van der Waals surface area contributed by atoms with Crippen molar-refractivity contribution in [2.45, 2.75) is 31.2 Å². The number of nitrogens with zero attached hydrogens (tertiary/aromatic N) is 1. The molecule has 0 aromatic heterocycles. The van der Waals surface area contributed by atoms with Gasteiger partial charge in [-0.25, -0.2) is 4.85 Å². The van der Waals surface area contributed by atoms with Gasteiger partial charge in [-0.15, -0.1) is 0 Å². The van der Waals surface area contributed by atoms with Gasteiger partial charge >= 0.3 is 0 Å². The topological polar surface area (TPSA) is 16.4 Å². The van der Waals surface area contributed by atoms with Crippen LogP contribution in [0.4, 0.5) is 5.69 Å². The minimum absolute atomic E-state index is 0.634. The molecule has 1 fully saturated rings. The standard InChI is InChI=1S/C13H14N2/c1-14-10-5-4-9-7-13-11(12(9)8-10)3-2-6-15-13/h4-5,8,11,13,15H,2-3,6-7H2/t11-,13+/m1/s1. The number of benzene rings is 1. The van der Waals surface area contributed by atoms with E-state index in [-0.39, 0.29) is 0 Å². The molecule has 15 heavy (non-hydrogen) atoms. The van der Waals surface area contributed by atoms with Crippen LogP contribution in [0.25, 0.3) is 4.85 Å². The van der Waals surface area contributed by atoms with Gasteiger partial charge in [-0.1, -0.05) is 23.8 Å². The summed E-state index contributed by atoms with van der Waals surface area (Å²) >= 11 is 0. The van der Waals surface area contributed by atoms with Gasteiger partial charge in [-0.2, -0.15) is 0 Å². The van der Waals surface area contributed by atoms with Crippen LogP contribution in [0, 0.1) is 6.57 Å². The van der Waals surface area contributed by atoms with Crippen molar-refractivity contribution in [2.24, 2.45) is 0 Å². The Kier molecular flexibility index (Phi) is 2.00. The Morgan fingerprint density at radius 1 is 1.40 bits per heavy atom. The summed E-state index contributed by atoms with van der Waals surface area (Å²) in [6, 6.07) is 6.82. The Morgan fingerprint density at radius 2 is 2.33 bits per heavy atom. The fraction of sp³-hybridized carbons (Fsp3) is 0.462. The number of fused-ring (bicyclic) bond motifs is 3. The molecule has 2 atom stereocenters. The third kappa shape index (κ3) is 1.35. The van der Waals surface area contributed by atoms with Crippen molar-refractivity contribution in [2.75, 3.05) is 6.54 Å². The van der Waals surface area contributed by atoms with E-state index in [2.05, 4.69) is 22.3 Å². The van der Waals surface area contributed by atoms with Crippen LogP contribution in [0.1, 0.15) is 29.9 Å². The second-order valence-corrected chi connectivity index (χ2v) is 4.51. The average molecular weight is 198 g/mol. The minimum atomic E-state index is 0.634. The minimum Gasteiger partial charge on any atom is -0.313 e. The monoisotopic (exact) mass is 198 g/mol. The summed E-state index contributed by atoms with van der Waals surface area (Å²) in [6.45, 7) is 8.21. The SMILES string of the molecule is [C-]#[N+]c1ccc2c(c1)[C@H]1CCCN[C@H]1C2. The molecular formula is C13H14N2. The zero-order valence-corrected chi connectivity index (χ0v) is 8.66. The highest BCUT2D eigenvalue weighted by molar-refractivity contribution is 5.53. The van der Waals surface area contributed by atoms with Gasteiger partial charge in [0, 0.05) is 6.04 Å². The lowest BCUT2D eigenvalue weighted by Gasteiger charge is -2.27. The molecular weight excluding hydrogens is 184 g/mol. The lowest BCUT2D eigenvalue weighted by Crippen LogP contribution is -2.37. The van der Waals surface area contributed by atoms with E-state index in [4.69, 9.17) is 6.57 Å². The molecule has 1 aliphatic heterocycles. The van der Waals surface area contributed by atoms with Gasteiger partial charge in [0.05, 0.1) is 6.57 Å². The van der Waals surface area contributed by atoms with Crippen molar-refractivity contribution in [3.05, 3.63) is 40.7 Å². The molecule has 1 saturated heterocycles. The van der Waals surface area contributed by atoms with E-state index >= 15 is 0 Å². The summed E-state index contributed by atoms with van der Waals surface area (Å²) in [4.78, 5) is 3.52. The quantitative estimate of drug-likeness (QED) is 0.634. The van der Waals surface area contributed by atoms with Crippen molar-refractivity contribution < 1.29 is 0 Å². The molecule has 76 valence electrons. The zero-order valence-electron chi connectivity index (χ0n) is 8.66. The first-order chi connectivity index (χ1) is 7.38. The average Bonchev–Trinajstić information content (AvgIpc) is 2.66. The maximum atomic E-state index is 7.05. The maximum Gasteiger partial charge on any atom is 0.187 e. The summed E-state index contributed by atoms with van der Waals surface area (Å²) in [6.07, 6.45) is 3.70. The van der Waals surface area contributed by atoms with Crippen molar-refractivity contribution in [1.82, 2.24) is 5.32 Å². The van der Waals surface area contributed by atoms with Gasteiger partial charge in [-0.3, -0.25) is 0 Å². The maximum absolute atomic E-state index is 7.05. The zero-order chi connectivity index (χ0) is 10.3. The predicted octanol–water partition coefficient (Wildman–Crippen LogP) is 2.63. The van der Waals surface area contributed by atoms with E-state index in [9.17, 15) is 0 Å². The molecule has 1 N–H and O–H groups in total. The summed E-state index contributed by atoms with van der Waals surface area (Å²) in [5.74, 6) is 0.662. The van der Waals surface area contributed by atoms with Crippen LogP contribution in [0.3, 0.4) is 0 Å². The van der Waals surface area contributed by atoms with Crippen LogP contribution in [-0.2, 0) is 6.42 Å². The second kappa shape index (κ2) is 3.36. The Bertz CT molecular complexity index is 431. The third-order valence-electron chi connectivity index (χ3n) is 3.68. The first kappa shape index (κ1) is 8.94. The van der Waals surface area contributed by atoms with E-state index in [1.807, 2.05) is 6.07 Å². The molecule has 3 rings (SSSR count). The molecule has 2 aliphatic rings. The van der Waals surface area contributed by atoms with Crippen LogP contribution >= 0.6 is 0 Å². The van der Waals surface area contributed by atoms with E-state index in [1.54, 1.807) is 0 Å². The summed E-state index contributed by atoms with van der Waals surface area (Å²) in [7, 11) is 0. The molecule has 0 unspecified atom stereocenters. The van der Waals surface area contributed by atoms with Crippen molar-refractivity contribution >= 4 is 5.69 Å². The van der Waals surface area contributed by atoms with Crippen molar-refractivity contribution in [3.8, 4) is 0 Å². The largest absolute Gasteiger partial charge is 0.313 e. The normalized spacial score (nSPS) is 27.9. The van der Waals surface area contributed by atoms with Crippen LogP contribution < -0.4 is 5.32 Å². The molecule has 1 aromatic rings. The van der Waals surface area contributed by atoms with Crippen LogP contribution in [0.2, 0.25) is 0 Å². The number of rotatable bonds is 0. The van der Waals surface area contributed by atoms with Gasteiger partial charge in [0.25, 0.3) is 0 Å². The highest BCUT2D eigenvalue weighted by atomic mass is 14.9. The fourth-order valence-electron chi connectivity index (χ4n) is 2.96. The highest BCUT2D eigenvalue weighted by Crippen LogP contribution is 2.40. The fourth-order valence-corrected chi connectivity index (χ4v) is 2.96. The lowest BCUT2D eigenvalue weighted by molar-refractivity contribution is 0.373. The van der Waals surface area contributed by atoms with E-state index in [0.29, 0.717) is 12.0 Å². The van der Waals surface area contributed by atoms with Crippen LogP contribution in [0.15, 0.2) is 18.2 Å². The van der Waals surface area contributed by atoms with Gasteiger partial charge < -0.3 is 5.32 Å². The molecule has 1 heterocycles. The van der Waals surface area contributed by atoms with Gasteiger partial charge in [0.2, 0.25) is 0 Å². The Balaban J connectivity index is 2.02. The molecule has 0 bridgehead atoms. The first-order valence-corrected chi connectivity index (χ1v) is 5.62. The van der Waals surface area contributed by atoms with Crippen LogP contribution in [0.5, 0.6) is 0 Å². The molecule has 0 radical (unpaired) electrons. The summed E-state index contributed by atoms with van der Waals surface area (Å²) in [5, 5.41) is 3.59. The predicted molar refractivity (Wildman–Crippen MR) is 60.2 cm³/mol. The van der Waals surface area contributed by atoms with E-state index in [0.717, 1.165) is 18.7 Å². The molecule has 2 heteroatoms. The van der Waals surface area contributed by atoms with Gasteiger partial charge in [-0.05, 0) is 37.3 Å². The Labute approximate surface area is 90.1 Å². The Morgan fingerprint density at radius 3 is 3.20 bits per heavy atom. The number of piperidine rings is 1. The summed E-state index contributed by atoms with van der Waals surface area (Å²) < 4.78 is 0. The molecule has 1 aliphatic carbocycles. The van der Waals surface area contributed by atoms with Gasteiger partial charge in [0.1, 0.15) is 0 Å². The number of hydrogen-bond donors (Lipinski definition) is 1. The van der Waals surface area contributed by atoms with E-state index < -0.39 is 0 Å². The third-order valence-corrected chi connectivity index (χ3v) is 3.68. The smallest absolute Gasteiger partial charge is 0.187 e. The molecule has 1 aromatic carbocycles. The van der Waals surface area contributed by atoms with Crippen LogP contribution in [-0.4, -0.2) is 12.6 Å². The lowest BCUT2D eigenvalue weighted by atomic mass is 9.90. The number of hydrogen-bond acceptors (Lipinski definition) is 1. The van der Waals surface area contributed by atoms with Crippen molar-refractivity contribution in [1.29, 1.82) is 0 Å². The van der Waals surface area contributed by atoms with Gasteiger partial charge in [0.15, 0.2) is 5.69 Å². The molecule has 0 spiro atoms. The highest BCUT2D eigenvalue weighted by Gasteiger charge is 2.33. The second-order valence-electron chi connectivity index (χ2n) is 4.51. The van der Waals surface area contributed by atoms with Crippen molar-refractivity contribution in [3.63, 3.8) is 0 Å².